The van der Waals surface area contributed by atoms with Gasteiger partial charge in [-0.25, -0.2) is 13.1 Å². The van der Waals surface area contributed by atoms with Crippen molar-refractivity contribution in [1.82, 2.24) is 14.1 Å². The van der Waals surface area contributed by atoms with Gasteiger partial charge in [0.2, 0.25) is 10.0 Å². The number of rotatable bonds is 6. The maximum atomic E-state index is 12.8. The predicted molar refractivity (Wildman–Crippen MR) is 104 cm³/mol. The number of sulfonamides is 1. The van der Waals surface area contributed by atoms with E-state index in [0.717, 1.165) is 25.7 Å². The van der Waals surface area contributed by atoms with Crippen LogP contribution in [0.3, 0.4) is 0 Å². The largest absolute Gasteiger partial charge is 0.307 e. The van der Waals surface area contributed by atoms with E-state index in [1.165, 1.54) is 10.4 Å². The van der Waals surface area contributed by atoms with E-state index in [0.29, 0.717) is 24.5 Å². The molecule has 2 aromatic rings. The van der Waals surface area contributed by atoms with Crippen LogP contribution in [-0.4, -0.2) is 41.5 Å². The van der Waals surface area contributed by atoms with Crippen LogP contribution in [-0.2, 0) is 10.0 Å². The second-order valence-corrected chi connectivity index (χ2v) is 8.80. The molecule has 1 amide bonds. The number of anilines is 1. The van der Waals surface area contributed by atoms with E-state index in [1.807, 2.05) is 13.8 Å². The number of nitrogens with one attached hydrogen (secondary N) is 1. The number of hydrogen-bond acceptors (Lipinski definition) is 4. The van der Waals surface area contributed by atoms with Gasteiger partial charge >= 0.3 is 0 Å². The van der Waals surface area contributed by atoms with Crippen molar-refractivity contribution in [2.75, 3.05) is 18.4 Å². The van der Waals surface area contributed by atoms with E-state index >= 15 is 0 Å². The van der Waals surface area contributed by atoms with E-state index in [4.69, 9.17) is 0 Å². The Morgan fingerprint density at radius 1 is 1.22 bits per heavy atom. The fourth-order valence-electron chi connectivity index (χ4n) is 3.18. The molecular weight excluding hydrogens is 364 g/mol. The quantitative estimate of drug-likeness (QED) is 0.820. The summed E-state index contributed by atoms with van der Waals surface area (Å²) >= 11 is 0. The minimum absolute atomic E-state index is 0.154. The summed E-state index contributed by atoms with van der Waals surface area (Å²) in [7, 11) is -3.57. The van der Waals surface area contributed by atoms with E-state index in [2.05, 4.69) is 10.4 Å². The first kappa shape index (κ1) is 19.6. The van der Waals surface area contributed by atoms with Crippen molar-refractivity contribution in [2.45, 2.75) is 50.5 Å². The lowest BCUT2D eigenvalue weighted by Gasteiger charge is -2.26. The molecule has 1 aromatic carbocycles. The van der Waals surface area contributed by atoms with Gasteiger partial charge in [0.15, 0.2) is 0 Å². The van der Waals surface area contributed by atoms with Gasteiger partial charge in [-0.1, -0.05) is 19.4 Å². The van der Waals surface area contributed by atoms with Gasteiger partial charge in [-0.2, -0.15) is 9.40 Å². The molecular formula is C19H26N4O3S. The summed E-state index contributed by atoms with van der Waals surface area (Å²) in [5, 5.41) is 7.08. The van der Waals surface area contributed by atoms with Crippen LogP contribution in [0.5, 0.6) is 0 Å². The Morgan fingerprint density at radius 2 is 1.96 bits per heavy atom. The van der Waals surface area contributed by atoms with Crippen molar-refractivity contribution in [3.63, 3.8) is 0 Å². The molecule has 7 nitrogen and oxygen atoms in total. The maximum absolute atomic E-state index is 12.8. The van der Waals surface area contributed by atoms with Crippen LogP contribution in [0.15, 0.2) is 41.4 Å². The molecule has 3 rings (SSSR count). The number of aromatic nitrogens is 2. The average Bonchev–Trinajstić information content (AvgIpc) is 3.16. The van der Waals surface area contributed by atoms with Crippen LogP contribution >= 0.6 is 0 Å². The third-order valence-corrected chi connectivity index (χ3v) is 6.86. The topological polar surface area (TPSA) is 84.3 Å². The fraction of sp³-hybridized carbons (Fsp3) is 0.474. The summed E-state index contributed by atoms with van der Waals surface area (Å²) in [6.45, 7) is 5.14. The van der Waals surface area contributed by atoms with Crippen LogP contribution in [0.1, 0.15) is 55.9 Å². The van der Waals surface area contributed by atoms with Crippen molar-refractivity contribution < 1.29 is 13.2 Å². The Hall–Kier alpha value is -2.19. The predicted octanol–water partition coefficient (Wildman–Crippen LogP) is 3.28. The van der Waals surface area contributed by atoms with E-state index in [1.54, 1.807) is 35.1 Å². The minimum atomic E-state index is -3.57. The number of amides is 1. The van der Waals surface area contributed by atoms with Crippen molar-refractivity contribution in [3.05, 3.63) is 42.1 Å². The zero-order chi connectivity index (χ0) is 19.4. The molecule has 0 bridgehead atoms. The average molecular weight is 391 g/mol. The molecule has 0 spiro atoms. The lowest BCUT2D eigenvalue weighted by atomic mass is 10.2. The molecule has 1 fully saturated rings. The number of benzene rings is 1. The number of carbonyl (C=O) groups excluding carboxylic acids is 1. The third-order valence-electron chi connectivity index (χ3n) is 4.97. The van der Waals surface area contributed by atoms with Crippen molar-refractivity contribution in [1.29, 1.82) is 0 Å². The van der Waals surface area contributed by atoms with E-state index in [9.17, 15) is 13.2 Å². The second kappa shape index (κ2) is 8.22. The highest BCUT2D eigenvalue weighted by atomic mass is 32.2. The van der Waals surface area contributed by atoms with E-state index < -0.39 is 10.0 Å². The molecule has 1 saturated heterocycles. The SMILES string of the molecule is CCC(C)n1nccc1NC(=O)c1cccc(S(=O)(=O)N2CCCCC2)c1. The molecule has 0 radical (unpaired) electrons. The first-order valence-electron chi connectivity index (χ1n) is 9.38. The minimum Gasteiger partial charge on any atom is -0.307 e. The molecule has 0 saturated carbocycles. The first-order chi connectivity index (χ1) is 12.9. The third kappa shape index (κ3) is 4.22. The van der Waals surface area contributed by atoms with Crippen LogP contribution in [0, 0.1) is 0 Å². The van der Waals surface area contributed by atoms with Gasteiger partial charge in [0, 0.05) is 24.7 Å². The van der Waals surface area contributed by atoms with Gasteiger partial charge in [-0.05, 0) is 44.4 Å². The monoisotopic (exact) mass is 390 g/mol. The van der Waals surface area contributed by atoms with Crippen LogP contribution in [0.25, 0.3) is 0 Å². The smallest absolute Gasteiger partial charge is 0.256 e. The zero-order valence-electron chi connectivity index (χ0n) is 15.8. The summed E-state index contributed by atoms with van der Waals surface area (Å²) in [6.07, 6.45) is 5.32. The van der Waals surface area contributed by atoms with Crippen LogP contribution in [0.4, 0.5) is 5.82 Å². The lowest BCUT2D eigenvalue weighted by Crippen LogP contribution is -2.35. The fourth-order valence-corrected chi connectivity index (χ4v) is 4.74. The molecule has 8 heteroatoms. The van der Waals surface area contributed by atoms with Gasteiger partial charge in [-0.15, -0.1) is 0 Å². The van der Waals surface area contributed by atoms with Crippen molar-refractivity contribution in [2.24, 2.45) is 0 Å². The lowest BCUT2D eigenvalue weighted by molar-refractivity contribution is 0.102. The Kier molecular flexibility index (Phi) is 5.96. The molecule has 0 aliphatic carbocycles. The van der Waals surface area contributed by atoms with E-state index in [-0.39, 0.29) is 16.8 Å². The number of piperidine rings is 1. The normalized spacial score (nSPS) is 16.8. The van der Waals surface area contributed by atoms with Gasteiger partial charge in [0.25, 0.3) is 5.91 Å². The van der Waals surface area contributed by atoms with Crippen molar-refractivity contribution in [3.8, 4) is 0 Å². The highest BCUT2D eigenvalue weighted by Gasteiger charge is 2.26. The molecule has 1 N–H and O–H groups in total. The highest BCUT2D eigenvalue weighted by molar-refractivity contribution is 7.89. The van der Waals surface area contributed by atoms with Crippen LogP contribution < -0.4 is 5.32 Å². The summed E-state index contributed by atoms with van der Waals surface area (Å²) in [5.74, 6) is 0.245. The van der Waals surface area contributed by atoms with Crippen molar-refractivity contribution >= 4 is 21.7 Å². The molecule has 2 heterocycles. The summed E-state index contributed by atoms with van der Waals surface area (Å²) in [6, 6.07) is 8.11. The molecule has 146 valence electrons. The molecule has 1 atom stereocenters. The Balaban J connectivity index is 1.81. The van der Waals surface area contributed by atoms with Gasteiger partial charge in [0.05, 0.1) is 17.1 Å². The first-order valence-corrected chi connectivity index (χ1v) is 10.8. The molecule has 1 aliphatic rings. The van der Waals surface area contributed by atoms with Gasteiger partial charge in [-0.3, -0.25) is 4.79 Å². The Labute approximate surface area is 160 Å². The molecule has 1 unspecified atom stereocenters. The summed E-state index contributed by atoms with van der Waals surface area (Å²) < 4.78 is 28.9. The second-order valence-electron chi connectivity index (χ2n) is 6.86. The summed E-state index contributed by atoms with van der Waals surface area (Å²) in [5.41, 5.74) is 0.310. The zero-order valence-corrected chi connectivity index (χ0v) is 16.6. The number of carbonyl (C=O) groups is 1. The molecule has 27 heavy (non-hydrogen) atoms. The highest BCUT2D eigenvalue weighted by Crippen LogP contribution is 2.22. The van der Waals surface area contributed by atoms with Gasteiger partial charge < -0.3 is 5.32 Å². The maximum Gasteiger partial charge on any atom is 0.256 e. The van der Waals surface area contributed by atoms with Crippen LogP contribution in [0.2, 0.25) is 0 Å². The van der Waals surface area contributed by atoms with Gasteiger partial charge in [0.1, 0.15) is 5.82 Å². The molecule has 1 aromatic heterocycles. The number of hydrogen-bond donors (Lipinski definition) is 1. The number of nitrogens with zero attached hydrogens (tertiary/aromatic N) is 3. The summed E-state index contributed by atoms with van der Waals surface area (Å²) in [4.78, 5) is 12.8. The Bertz CT molecular complexity index is 901. The standard InChI is InChI=1S/C19H26N4O3S/c1-3-15(2)23-18(10-11-20-23)21-19(24)16-8-7-9-17(14-16)27(25,26)22-12-5-4-6-13-22/h7-11,14-15H,3-6,12-13H2,1-2H3,(H,21,24). The molecule has 1 aliphatic heterocycles. The Morgan fingerprint density at radius 3 is 2.67 bits per heavy atom.